The Labute approximate surface area is 94.8 Å². The van der Waals surface area contributed by atoms with Crippen LogP contribution in [0.5, 0.6) is 0 Å². The van der Waals surface area contributed by atoms with Crippen molar-refractivity contribution in [1.82, 2.24) is 0 Å². The zero-order valence-electron chi connectivity index (χ0n) is 5.69. The van der Waals surface area contributed by atoms with Crippen LogP contribution in [0, 0.1) is 5.92 Å². The van der Waals surface area contributed by atoms with E-state index in [0.29, 0.717) is 9.30 Å². The number of alkyl halides is 3. The summed E-state index contributed by atoms with van der Waals surface area (Å²) in [5.74, 6) is 0.873. The summed E-state index contributed by atoms with van der Waals surface area (Å²) in [7, 11) is 0. The summed E-state index contributed by atoms with van der Waals surface area (Å²) in [6.07, 6.45) is 3.95. The standard InChI is InChI=1S/C7H11ClI2/c8-6-3-1-2-5(4-9)7(6)10/h5-7H,1-4H2. The van der Waals surface area contributed by atoms with Gasteiger partial charge in [-0.05, 0) is 18.8 Å². The van der Waals surface area contributed by atoms with Crippen LogP contribution in [-0.4, -0.2) is 13.7 Å². The highest BCUT2D eigenvalue weighted by atomic mass is 127. The summed E-state index contributed by atoms with van der Waals surface area (Å²) in [5.41, 5.74) is 0. The third-order valence-corrected chi connectivity index (χ3v) is 5.98. The summed E-state index contributed by atoms with van der Waals surface area (Å²) < 4.78 is 1.99. The van der Waals surface area contributed by atoms with E-state index in [1.165, 1.54) is 23.7 Å². The topological polar surface area (TPSA) is 0 Å². The quantitative estimate of drug-likeness (QED) is 0.478. The Balaban J connectivity index is 2.42. The van der Waals surface area contributed by atoms with Gasteiger partial charge in [0, 0.05) is 13.7 Å². The van der Waals surface area contributed by atoms with Gasteiger partial charge in [0.25, 0.3) is 0 Å². The van der Waals surface area contributed by atoms with Crippen LogP contribution in [0.2, 0.25) is 0 Å². The second-order valence-corrected chi connectivity index (χ2v) is 5.69. The molecule has 0 bridgehead atoms. The zero-order chi connectivity index (χ0) is 7.56. The normalized spacial score (nSPS) is 41.7. The first-order valence-electron chi connectivity index (χ1n) is 3.60. The van der Waals surface area contributed by atoms with Crippen LogP contribution in [0.3, 0.4) is 0 Å². The highest BCUT2D eigenvalue weighted by molar-refractivity contribution is 14.1. The monoisotopic (exact) mass is 384 g/mol. The lowest BCUT2D eigenvalue weighted by Gasteiger charge is -2.29. The van der Waals surface area contributed by atoms with Crippen molar-refractivity contribution in [2.24, 2.45) is 5.92 Å². The molecule has 0 nitrogen and oxygen atoms in total. The largest absolute Gasteiger partial charge is 0.122 e. The SMILES string of the molecule is ClC1CCCC(CI)C1I. The summed E-state index contributed by atoms with van der Waals surface area (Å²) in [4.78, 5) is 0. The fraction of sp³-hybridized carbons (Fsp3) is 1.00. The van der Waals surface area contributed by atoms with Gasteiger partial charge in [0.1, 0.15) is 0 Å². The first kappa shape index (κ1) is 9.84. The maximum Gasteiger partial charge on any atom is 0.0456 e. The van der Waals surface area contributed by atoms with Gasteiger partial charge in [-0.3, -0.25) is 0 Å². The summed E-state index contributed by atoms with van der Waals surface area (Å²) in [6, 6.07) is 0. The van der Waals surface area contributed by atoms with Crippen molar-refractivity contribution in [2.45, 2.75) is 28.6 Å². The molecular formula is C7H11ClI2. The smallest absolute Gasteiger partial charge is 0.0456 e. The van der Waals surface area contributed by atoms with Crippen molar-refractivity contribution >= 4 is 56.8 Å². The van der Waals surface area contributed by atoms with E-state index < -0.39 is 0 Å². The molecule has 1 rings (SSSR count). The second kappa shape index (κ2) is 4.70. The van der Waals surface area contributed by atoms with Gasteiger partial charge in [0.2, 0.25) is 0 Å². The van der Waals surface area contributed by atoms with Gasteiger partial charge in [0.15, 0.2) is 0 Å². The van der Waals surface area contributed by atoms with Crippen LogP contribution in [0.15, 0.2) is 0 Å². The van der Waals surface area contributed by atoms with Crippen molar-refractivity contribution in [3.8, 4) is 0 Å². The molecule has 0 N–H and O–H groups in total. The molecule has 1 fully saturated rings. The molecular weight excluding hydrogens is 373 g/mol. The lowest BCUT2D eigenvalue weighted by Crippen LogP contribution is -2.29. The molecule has 1 aliphatic rings. The minimum absolute atomic E-state index is 0.439. The maximum atomic E-state index is 6.13. The first-order chi connectivity index (χ1) is 4.75. The average molecular weight is 384 g/mol. The molecule has 1 saturated carbocycles. The second-order valence-electron chi connectivity index (χ2n) is 2.81. The molecule has 10 heavy (non-hydrogen) atoms. The minimum Gasteiger partial charge on any atom is -0.122 e. The molecule has 0 aromatic carbocycles. The van der Waals surface area contributed by atoms with E-state index in [4.69, 9.17) is 11.6 Å². The van der Waals surface area contributed by atoms with Crippen LogP contribution in [0.25, 0.3) is 0 Å². The predicted octanol–water partition coefficient (Wildman–Crippen LogP) is 3.63. The van der Waals surface area contributed by atoms with Crippen LogP contribution in [-0.2, 0) is 0 Å². The Morgan fingerprint density at radius 2 is 2.10 bits per heavy atom. The molecule has 1 aliphatic carbocycles. The van der Waals surface area contributed by atoms with E-state index in [1.807, 2.05) is 0 Å². The highest BCUT2D eigenvalue weighted by Crippen LogP contribution is 2.34. The van der Waals surface area contributed by atoms with E-state index in [-0.39, 0.29) is 0 Å². The number of hydrogen-bond acceptors (Lipinski definition) is 0. The van der Waals surface area contributed by atoms with E-state index in [1.54, 1.807) is 0 Å². The van der Waals surface area contributed by atoms with Gasteiger partial charge < -0.3 is 0 Å². The molecule has 0 aromatic heterocycles. The molecule has 60 valence electrons. The van der Waals surface area contributed by atoms with E-state index in [2.05, 4.69) is 45.2 Å². The number of rotatable bonds is 1. The van der Waals surface area contributed by atoms with Crippen molar-refractivity contribution in [3.05, 3.63) is 0 Å². The number of hydrogen-bond donors (Lipinski definition) is 0. The fourth-order valence-corrected chi connectivity index (χ4v) is 4.65. The van der Waals surface area contributed by atoms with Crippen LogP contribution >= 0.6 is 56.8 Å². The van der Waals surface area contributed by atoms with Crippen molar-refractivity contribution < 1.29 is 0 Å². The van der Waals surface area contributed by atoms with Crippen LogP contribution < -0.4 is 0 Å². The van der Waals surface area contributed by atoms with E-state index in [9.17, 15) is 0 Å². The fourth-order valence-electron chi connectivity index (χ4n) is 1.35. The lowest BCUT2D eigenvalue weighted by molar-refractivity contribution is 0.424. The summed E-state index contributed by atoms with van der Waals surface area (Å²) >= 11 is 11.1. The zero-order valence-corrected chi connectivity index (χ0v) is 10.8. The van der Waals surface area contributed by atoms with E-state index >= 15 is 0 Å². The molecule has 0 radical (unpaired) electrons. The van der Waals surface area contributed by atoms with Gasteiger partial charge >= 0.3 is 0 Å². The van der Waals surface area contributed by atoms with Gasteiger partial charge in [-0.25, -0.2) is 0 Å². The Bertz CT molecular complexity index is 108. The molecule has 3 heteroatoms. The number of halogens is 3. The van der Waals surface area contributed by atoms with Crippen LogP contribution in [0.1, 0.15) is 19.3 Å². The lowest BCUT2D eigenvalue weighted by atomic mass is 9.90. The van der Waals surface area contributed by atoms with Gasteiger partial charge in [0.05, 0.1) is 0 Å². The average Bonchev–Trinajstić information content (AvgIpc) is 1.95. The summed E-state index contributed by atoms with van der Waals surface area (Å²) in [5, 5.41) is 0.439. The van der Waals surface area contributed by atoms with Crippen molar-refractivity contribution in [2.75, 3.05) is 4.43 Å². The van der Waals surface area contributed by atoms with Crippen LogP contribution in [0.4, 0.5) is 0 Å². The molecule has 0 saturated heterocycles. The Morgan fingerprint density at radius 3 is 2.60 bits per heavy atom. The Morgan fingerprint density at radius 1 is 1.40 bits per heavy atom. The highest BCUT2D eigenvalue weighted by Gasteiger charge is 2.28. The third-order valence-electron chi connectivity index (χ3n) is 2.05. The molecule has 3 atom stereocenters. The molecule has 0 heterocycles. The first-order valence-corrected chi connectivity index (χ1v) is 6.80. The van der Waals surface area contributed by atoms with Gasteiger partial charge in [-0.15, -0.1) is 11.6 Å². The van der Waals surface area contributed by atoms with Crippen molar-refractivity contribution in [1.29, 1.82) is 0 Å². The maximum absolute atomic E-state index is 6.13. The van der Waals surface area contributed by atoms with Gasteiger partial charge in [-0.1, -0.05) is 51.6 Å². The predicted molar refractivity (Wildman–Crippen MR) is 63.7 cm³/mol. The summed E-state index contributed by atoms with van der Waals surface area (Å²) in [6.45, 7) is 0. The van der Waals surface area contributed by atoms with Gasteiger partial charge in [-0.2, -0.15) is 0 Å². The van der Waals surface area contributed by atoms with E-state index in [0.717, 1.165) is 5.92 Å². The van der Waals surface area contributed by atoms with Crippen molar-refractivity contribution in [3.63, 3.8) is 0 Å². The molecule has 0 spiro atoms. The molecule has 3 unspecified atom stereocenters. The molecule has 0 aromatic rings. The molecule has 0 amide bonds. The minimum atomic E-state index is 0.439. The Hall–Kier alpha value is 1.75. The molecule has 0 aliphatic heterocycles. The Kier molecular flexibility index (Phi) is 4.62. The third kappa shape index (κ3) is 2.37.